The summed E-state index contributed by atoms with van der Waals surface area (Å²) in [6.45, 7) is 0.393. The van der Waals surface area contributed by atoms with Gasteiger partial charge in [-0.05, 0) is 11.5 Å². The van der Waals surface area contributed by atoms with Crippen LogP contribution in [-0.2, 0) is 9.59 Å². The van der Waals surface area contributed by atoms with E-state index >= 15 is 0 Å². The second-order valence-corrected chi connectivity index (χ2v) is 6.62. The zero-order valence-electron chi connectivity index (χ0n) is 12.8. The Balaban J connectivity index is 1.58. The Morgan fingerprint density at radius 3 is 2.88 bits per heavy atom. The van der Waals surface area contributed by atoms with Gasteiger partial charge in [-0.2, -0.15) is 0 Å². The number of rotatable bonds is 3. The van der Waals surface area contributed by atoms with Gasteiger partial charge in [0.15, 0.2) is 5.13 Å². The Labute approximate surface area is 142 Å². The van der Waals surface area contributed by atoms with Crippen molar-refractivity contribution in [3.05, 3.63) is 54.0 Å². The predicted molar refractivity (Wildman–Crippen MR) is 95.2 cm³/mol. The number of carbonyl (C=O) groups is 2. The van der Waals surface area contributed by atoms with Crippen molar-refractivity contribution in [3.63, 3.8) is 0 Å². The number of nitrogens with one attached hydrogen (secondary N) is 1. The summed E-state index contributed by atoms with van der Waals surface area (Å²) in [6.07, 6.45) is 1.86. The summed E-state index contributed by atoms with van der Waals surface area (Å²) in [5.74, 6) is -0.535. The van der Waals surface area contributed by atoms with Crippen LogP contribution in [0.3, 0.4) is 0 Å². The molecule has 6 heteroatoms. The highest BCUT2D eigenvalue weighted by Gasteiger charge is 2.35. The van der Waals surface area contributed by atoms with E-state index in [0.717, 1.165) is 16.5 Å². The van der Waals surface area contributed by atoms with E-state index < -0.39 is 0 Å². The molecule has 24 heavy (non-hydrogen) atoms. The van der Waals surface area contributed by atoms with Gasteiger partial charge < -0.3 is 10.2 Å². The van der Waals surface area contributed by atoms with Gasteiger partial charge in [-0.1, -0.05) is 36.4 Å². The zero-order chi connectivity index (χ0) is 16.5. The minimum atomic E-state index is -0.361. The van der Waals surface area contributed by atoms with Crippen LogP contribution in [0.15, 0.2) is 54.0 Å². The number of hydrogen-bond donors (Lipinski definition) is 1. The van der Waals surface area contributed by atoms with Gasteiger partial charge in [0.2, 0.25) is 11.8 Å². The number of anilines is 2. The van der Waals surface area contributed by atoms with Crippen LogP contribution in [-0.4, -0.2) is 23.3 Å². The van der Waals surface area contributed by atoms with Gasteiger partial charge in [0.25, 0.3) is 0 Å². The summed E-state index contributed by atoms with van der Waals surface area (Å²) in [7, 11) is 0. The van der Waals surface area contributed by atoms with Gasteiger partial charge in [-0.15, -0.1) is 11.3 Å². The van der Waals surface area contributed by atoms with Gasteiger partial charge in [-0.3, -0.25) is 9.59 Å². The molecule has 1 aliphatic rings. The lowest BCUT2D eigenvalue weighted by molar-refractivity contribution is -0.122. The molecule has 1 atom stereocenters. The third-order valence-corrected chi connectivity index (χ3v) is 4.90. The first-order valence-corrected chi connectivity index (χ1v) is 8.59. The van der Waals surface area contributed by atoms with Crippen LogP contribution in [0.4, 0.5) is 10.8 Å². The van der Waals surface area contributed by atoms with E-state index in [2.05, 4.69) is 10.3 Å². The Hall–Kier alpha value is -2.73. The monoisotopic (exact) mass is 337 g/mol. The fraction of sp³-hybridized carbons (Fsp3) is 0.167. The van der Waals surface area contributed by atoms with E-state index in [1.54, 1.807) is 16.5 Å². The second-order valence-electron chi connectivity index (χ2n) is 5.73. The lowest BCUT2D eigenvalue weighted by atomic mass is 10.1. The number of fused-ring (bicyclic) bond motifs is 1. The summed E-state index contributed by atoms with van der Waals surface area (Å²) in [5.41, 5.74) is 0.864. The molecule has 120 valence electrons. The van der Waals surface area contributed by atoms with Gasteiger partial charge >= 0.3 is 0 Å². The first-order valence-electron chi connectivity index (χ1n) is 7.71. The molecule has 5 nitrogen and oxygen atoms in total. The molecule has 0 spiro atoms. The summed E-state index contributed by atoms with van der Waals surface area (Å²) in [6, 6.07) is 13.8. The van der Waals surface area contributed by atoms with Crippen molar-refractivity contribution in [2.75, 3.05) is 16.8 Å². The fourth-order valence-electron chi connectivity index (χ4n) is 3.05. The number of benzene rings is 2. The summed E-state index contributed by atoms with van der Waals surface area (Å²) in [4.78, 5) is 30.6. The first-order chi connectivity index (χ1) is 11.7. The van der Waals surface area contributed by atoms with Crippen LogP contribution in [0.5, 0.6) is 0 Å². The average molecular weight is 337 g/mol. The Kier molecular flexibility index (Phi) is 3.74. The largest absolute Gasteiger partial charge is 0.311 e. The van der Waals surface area contributed by atoms with Crippen LogP contribution in [0, 0.1) is 5.92 Å². The summed E-state index contributed by atoms with van der Waals surface area (Å²) in [5, 5.41) is 7.26. The van der Waals surface area contributed by atoms with E-state index in [0.29, 0.717) is 11.7 Å². The fourth-order valence-corrected chi connectivity index (χ4v) is 3.58. The van der Waals surface area contributed by atoms with Crippen molar-refractivity contribution in [1.29, 1.82) is 0 Å². The van der Waals surface area contributed by atoms with E-state index in [9.17, 15) is 9.59 Å². The number of carbonyl (C=O) groups excluding carboxylic acids is 2. The van der Waals surface area contributed by atoms with E-state index in [4.69, 9.17) is 0 Å². The summed E-state index contributed by atoms with van der Waals surface area (Å²) >= 11 is 1.37. The molecule has 1 aliphatic heterocycles. The highest BCUT2D eigenvalue weighted by Crippen LogP contribution is 2.32. The van der Waals surface area contributed by atoms with E-state index in [-0.39, 0.29) is 24.2 Å². The molecule has 1 aromatic heterocycles. The third kappa shape index (κ3) is 2.65. The van der Waals surface area contributed by atoms with E-state index in [1.807, 2.05) is 42.5 Å². The normalized spacial score (nSPS) is 17.4. The topological polar surface area (TPSA) is 62.3 Å². The molecule has 0 saturated carbocycles. The molecule has 0 radical (unpaired) electrons. The quantitative estimate of drug-likeness (QED) is 0.798. The number of nitrogens with zero attached hydrogens (tertiary/aromatic N) is 2. The Bertz CT molecular complexity index is 902. The van der Waals surface area contributed by atoms with Crippen LogP contribution >= 0.6 is 11.3 Å². The van der Waals surface area contributed by atoms with Crippen molar-refractivity contribution in [3.8, 4) is 0 Å². The molecule has 0 unspecified atom stereocenters. The van der Waals surface area contributed by atoms with Crippen molar-refractivity contribution >= 4 is 44.7 Å². The van der Waals surface area contributed by atoms with Crippen molar-refractivity contribution in [2.45, 2.75) is 6.42 Å². The van der Waals surface area contributed by atoms with Gasteiger partial charge in [0, 0.05) is 29.9 Å². The van der Waals surface area contributed by atoms with E-state index in [1.165, 1.54) is 11.3 Å². The SMILES string of the molecule is O=C(Nc1nccs1)[C@H]1CC(=O)N(c2cccc3ccccc23)C1. The highest BCUT2D eigenvalue weighted by molar-refractivity contribution is 7.13. The van der Waals surface area contributed by atoms with Crippen molar-refractivity contribution in [1.82, 2.24) is 4.98 Å². The molecule has 2 aromatic carbocycles. The van der Waals surface area contributed by atoms with Gasteiger partial charge in [0.1, 0.15) is 0 Å². The number of hydrogen-bond acceptors (Lipinski definition) is 4. The maximum absolute atomic E-state index is 12.5. The standard InChI is InChI=1S/C18H15N3O2S/c22-16-10-13(17(23)20-18-19-8-9-24-18)11-21(16)15-7-3-5-12-4-1-2-6-14(12)15/h1-9,13H,10-11H2,(H,19,20,23)/t13-/m0/s1. The maximum Gasteiger partial charge on any atom is 0.231 e. The van der Waals surface area contributed by atoms with Crippen molar-refractivity contribution in [2.24, 2.45) is 5.92 Å². The number of thiazole rings is 1. The molecule has 3 aromatic rings. The van der Waals surface area contributed by atoms with Crippen molar-refractivity contribution < 1.29 is 9.59 Å². The molecule has 0 aliphatic carbocycles. The third-order valence-electron chi connectivity index (χ3n) is 4.22. The molecule has 2 heterocycles. The van der Waals surface area contributed by atoms with Gasteiger partial charge in [-0.25, -0.2) is 4.98 Å². The molecular weight excluding hydrogens is 322 g/mol. The highest BCUT2D eigenvalue weighted by atomic mass is 32.1. The molecule has 4 rings (SSSR count). The second kappa shape index (κ2) is 6.05. The smallest absolute Gasteiger partial charge is 0.231 e. The Morgan fingerprint density at radius 1 is 1.21 bits per heavy atom. The van der Waals surface area contributed by atoms with Crippen LogP contribution in [0.2, 0.25) is 0 Å². The summed E-state index contributed by atoms with van der Waals surface area (Å²) < 4.78 is 0. The maximum atomic E-state index is 12.5. The van der Waals surface area contributed by atoms with Crippen LogP contribution < -0.4 is 10.2 Å². The molecule has 1 N–H and O–H groups in total. The minimum Gasteiger partial charge on any atom is -0.311 e. The number of amides is 2. The minimum absolute atomic E-state index is 0.0226. The molecule has 0 bridgehead atoms. The van der Waals surface area contributed by atoms with Gasteiger partial charge in [0.05, 0.1) is 11.6 Å². The first kappa shape index (κ1) is 14.8. The molecule has 2 amide bonds. The lowest BCUT2D eigenvalue weighted by Gasteiger charge is -2.18. The lowest BCUT2D eigenvalue weighted by Crippen LogP contribution is -2.28. The Morgan fingerprint density at radius 2 is 2.04 bits per heavy atom. The van der Waals surface area contributed by atoms with Crippen LogP contribution in [0.25, 0.3) is 10.8 Å². The molecule has 1 saturated heterocycles. The number of aromatic nitrogens is 1. The zero-order valence-corrected chi connectivity index (χ0v) is 13.6. The molecular formula is C18H15N3O2S. The predicted octanol–water partition coefficient (Wildman–Crippen LogP) is 3.29. The molecule has 1 fully saturated rings. The average Bonchev–Trinajstić information content (AvgIpc) is 3.24. The van der Waals surface area contributed by atoms with Crippen LogP contribution in [0.1, 0.15) is 6.42 Å².